The van der Waals surface area contributed by atoms with Crippen LogP contribution in [-0.4, -0.2) is 16.5 Å². The van der Waals surface area contributed by atoms with Gasteiger partial charge in [0.2, 0.25) is 0 Å². The second kappa shape index (κ2) is 5.80. The van der Waals surface area contributed by atoms with E-state index in [0.29, 0.717) is 6.54 Å². The van der Waals surface area contributed by atoms with Crippen molar-refractivity contribution in [2.45, 2.75) is 13.5 Å². The van der Waals surface area contributed by atoms with E-state index >= 15 is 0 Å². The first-order valence-electron chi connectivity index (χ1n) is 6.88. The minimum atomic E-state index is 0.706. The van der Waals surface area contributed by atoms with E-state index in [1.807, 2.05) is 12.3 Å². The molecule has 1 heterocycles. The van der Waals surface area contributed by atoms with Gasteiger partial charge in [-0.1, -0.05) is 43.3 Å². The minimum absolute atomic E-state index is 0.706. The number of nitrogens with one attached hydrogen (secondary N) is 1. The number of nitrogens with zero attached hydrogens (tertiary/aromatic N) is 2. The van der Waals surface area contributed by atoms with E-state index in [1.165, 1.54) is 10.8 Å². The van der Waals surface area contributed by atoms with E-state index in [1.54, 1.807) is 0 Å². The predicted octanol–water partition coefficient (Wildman–Crippen LogP) is 3.41. The number of hydrogen-bond acceptors (Lipinski definition) is 3. The Morgan fingerprint density at radius 3 is 2.70 bits per heavy atom. The summed E-state index contributed by atoms with van der Waals surface area (Å²) in [5, 5.41) is 5.73. The molecule has 0 aliphatic rings. The average Bonchev–Trinajstić information content (AvgIpc) is 2.53. The molecule has 1 N–H and O–H groups in total. The summed E-state index contributed by atoms with van der Waals surface area (Å²) in [7, 11) is 0. The summed E-state index contributed by atoms with van der Waals surface area (Å²) in [5.41, 5.74) is 2.10. The molecule has 0 spiro atoms. The molecule has 0 bridgehead atoms. The molecular weight excluding hydrogens is 246 g/mol. The molecule has 0 saturated heterocycles. The lowest BCUT2D eigenvalue weighted by atomic mass is 10.1. The number of rotatable bonds is 4. The van der Waals surface area contributed by atoms with E-state index in [4.69, 9.17) is 0 Å². The Morgan fingerprint density at radius 2 is 1.85 bits per heavy atom. The van der Waals surface area contributed by atoms with Gasteiger partial charge >= 0.3 is 0 Å². The van der Waals surface area contributed by atoms with Crippen molar-refractivity contribution in [3.63, 3.8) is 0 Å². The normalized spacial score (nSPS) is 10.8. The SMILES string of the molecule is CCNCc1nccc(-c2ccc3ccccc3c2)n1. The molecule has 20 heavy (non-hydrogen) atoms. The molecule has 3 nitrogen and oxygen atoms in total. The van der Waals surface area contributed by atoms with Crippen LogP contribution in [0.2, 0.25) is 0 Å². The number of hydrogen-bond donors (Lipinski definition) is 1. The molecule has 0 radical (unpaired) electrons. The van der Waals surface area contributed by atoms with E-state index in [-0.39, 0.29) is 0 Å². The van der Waals surface area contributed by atoms with E-state index in [2.05, 4.69) is 64.7 Å². The molecule has 0 amide bonds. The van der Waals surface area contributed by atoms with Gasteiger partial charge in [-0.05, 0) is 29.4 Å². The van der Waals surface area contributed by atoms with Crippen molar-refractivity contribution in [2.24, 2.45) is 0 Å². The summed E-state index contributed by atoms with van der Waals surface area (Å²) in [6.07, 6.45) is 1.82. The van der Waals surface area contributed by atoms with Gasteiger partial charge in [0.25, 0.3) is 0 Å². The molecule has 100 valence electrons. The lowest BCUT2D eigenvalue weighted by molar-refractivity contribution is 0.691. The molecule has 0 aliphatic carbocycles. The van der Waals surface area contributed by atoms with Gasteiger partial charge in [-0.2, -0.15) is 0 Å². The summed E-state index contributed by atoms with van der Waals surface area (Å²) in [5.74, 6) is 0.831. The van der Waals surface area contributed by atoms with E-state index in [0.717, 1.165) is 23.6 Å². The highest BCUT2D eigenvalue weighted by Crippen LogP contribution is 2.22. The van der Waals surface area contributed by atoms with Crippen LogP contribution in [0.4, 0.5) is 0 Å². The fourth-order valence-electron chi connectivity index (χ4n) is 2.23. The Hall–Kier alpha value is -2.26. The third kappa shape index (κ3) is 2.68. The summed E-state index contributed by atoms with van der Waals surface area (Å²) < 4.78 is 0. The van der Waals surface area contributed by atoms with Gasteiger partial charge in [-0.25, -0.2) is 9.97 Å². The maximum absolute atomic E-state index is 4.61. The van der Waals surface area contributed by atoms with Gasteiger partial charge in [0.1, 0.15) is 5.82 Å². The highest BCUT2D eigenvalue weighted by atomic mass is 15.0. The van der Waals surface area contributed by atoms with Crippen LogP contribution in [0.3, 0.4) is 0 Å². The molecule has 1 aromatic heterocycles. The zero-order valence-electron chi connectivity index (χ0n) is 11.5. The van der Waals surface area contributed by atoms with Gasteiger partial charge in [0, 0.05) is 11.8 Å². The molecule has 0 aliphatic heterocycles. The Balaban J connectivity index is 1.97. The van der Waals surface area contributed by atoms with Crippen LogP contribution in [0.5, 0.6) is 0 Å². The lowest BCUT2D eigenvalue weighted by Gasteiger charge is -2.06. The molecule has 3 rings (SSSR count). The van der Waals surface area contributed by atoms with Crippen molar-refractivity contribution in [2.75, 3.05) is 6.54 Å². The quantitative estimate of drug-likeness (QED) is 0.784. The molecule has 0 saturated carbocycles. The molecule has 0 unspecified atom stereocenters. The number of aromatic nitrogens is 2. The molecule has 0 atom stereocenters. The monoisotopic (exact) mass is 263 g/mol. The van der Waals surface area contributed by atoms with Crippen LogP contribution in [0.15, 0.2) is 54.7 Å². The molecule has 3 heteroatoms. The second-order valence-corrected chi connectivity index (χ2v) is 4.70. The average molecular weight is 263 g/mol. The third-order valence-corrected chi connectivity index (χ3v) is 3.28. The minimum Gasteiger partial charge on any atom is -0.310 e. The Morgan fingerprint density at radius 1 is 1.00 bits per heavy atom. The Kier molecular flexibility index (Phi) is 3.70. The van der Waals surface area contributed by atoms with Crippen molar-refractivity contribution in [1.82, 2.24) is 15.3 Å². The first-order chi connectivity index (χ1) is 9.86. The van der Waals surface area contributed by atoms with Gasteiger partial charge in [0.05, 0.1) is 12.2 Å². The van der Waals surface area contributed by atoms with Crippen molar-refractivity contribution < 1.29 is 0 Å². The van der Waals surface area contributed by atoms with Crippen LogP contribution in [0, 0.1) is 0 Å². The summed E-state index contributed by atoms with van der Waals surface area (Å²) in [4.78, 5) is 8.90. The molecule has 2 aromatic carbocycles. The Labute approximate surface area is 118 Å². The van der Waals surface area contributed by atoms with Crippen molar-refractivity contribution >= 4 is 10.8 Å². The van der Waals surface area contributed by atoms with Crippen LogP contribution in [0.1, 0.15) is 12.7 Å². The fourth-order valence-corrected chi connectivity index (χ4v) is 2.23. The predicted molar refractivity (Wildman–Crippen MR) is 82.4 cm³/mol. The number of benzene rings is 2. The molecule has 3 aromatic rings. The first-order valence-corrected chi connectivity index (χ1v) is 6.88. The summed E-state index contributed by atoms with van der Waals surface area (Å²) in [6.45, 7) is 3.70. The van der Waals surface area contributed by atoms with Gasteiger partial charge < -0.3 is 5.32 Å². The highest BCUT2D eigenvalue weighted by Gasteiger charge is 2.03. The van der Waals surface area contributed by atoms with Crippen LogP contribution >= 0.6 is 0 Å². The van der Waals surface area contributed by atoms with E-state index < -0.39 is 0 Å². The first kappa shape index (κ1) is 12.8. The van der Waals surface area contributed by atoms with Crippen molar-refractivity contribution in [1.29, 1.82) is 0 Å². The van der Waals surface area contributed by atoms with Gasteiger partial charge in [-0.3, -0.25) is 0 Å². The zero-order valence-corrected chi connectivity index (χ0v) is 11.5. The maximum Gasteiger partial charge on any atom is 0.142 e. The topological polar surface area (TPSA) is 37.8 Å². The summed E-state index contributed by atoms with van der Waals surface area (Å²) >= 11 is 0. The largest absolute Gasteiger partial charge is 0.310 e. The standard InChI is InChI=1S/C17H17N3/c1-2-18-12-17-19-10-9-16(20-17)15-8-7-13-5-3-4-6-14(13)11-15/h3-11,18H,2,12H2,1H3. The van der Waals surface area contributed by atoms with Gasteiger partial charge in [-0.15, -0.1) is 0 Å². The zero-order chi connectivity index (χ0) is 13.8. The van der Waals surface area contributed by atoms with Crippen molar-refractivity contribution in [3.8, 4) is 11.3 Å². The smallest absolute Gasteiger partial charge is 0.142 e. The lowest BCUT2D eigenvalue weighted by Crippen LogP contribution is -2.14. The molecule has 0 fully saturated rings. The second-order valence-electron chi connectivity index (χ2n) is 4.70. The Bertz CT molecular complexity index is 722. The van der Waals surface area contributed by atoms with Gasteiger partial charge in [0.15, 0.2) is 0 Å². The highest BCUT2D eigenvalue weighted by molar-refractivity contribution is 5.86. The van der Waals surface area contributed by atoms with Crippen LogP contribution in [0.25, 0.3) is 22.0 Å². The number of fused-ring (bicyclic) bond motifs is 1. The van der Waals surface area contributed by atoms with Crippen molar-refractivity contribution in [3.05, 3.63) is 60.6 Å². The fraction of sp³-hybridized carbons (Fsp3) is 0.176. The molecular formula is C17H17N3. The summed E-state index contributed by atoms with van der Waals surface area (Å²) in [6, 6.07) is 16.7. The maximum atomic E-state index is 4.61. The van der Waals surface area contributed by atoms with Crippen LogP contribution < -0.4 is 5.32 Å². The van der Waals surface area contributed by atoms with E-state index in [9.17, 15) is 0 Å². The third-order valence-electron chi connectivity index (χ3n) is 3.28. The van der Waals surface area contributed by atoms with Crippen LogP contribution in [-0.2, 0) is 6.54 Å².